The van der Waals surface area contributed by atoms with Crippen LogP contribution in [-0.2, 0) is 4.74 Å². The van der Waals surface area contributed by atoms with Crippen molar-refractivity contribution in [1.29, 1.82) is 0 Å². The van der Waals surface area contributed by atoms with Crippen LogP contribution in [0.2, 0.25) is 0 Å². The molecule has 3 heteroatoms. The van der Waals surface area contributed by atoms with E-state index in [1.54, 1.807) is 0 Å². The van der Waals surface area contributed by atoms with E-state index in [9.17, 15) is 10.2 Å². The van der Waals surface area contributed by atoms with E-state index in [4.69, 9.17) is 4.74 Å². The van der Waals surface area contributed by atoms with Crippen LogP contribution in [0.15, 0.2) is 23.8 Å². The first-order valence-electron chi connectivity index (χ1n) is 6.78. The van der Waals surface area contributed by atoms with E-state index in [1.807, 2.05) is 0 Å². The quantitative estimate of drug-likeness (QED) is 0.585. The molecule has 1 saturated heterocycles. The molecule has 1 fully saturated rings. The highest BCUT2D eigenvalue weighted by molar-refractivity contribution is 5.14. The van der Waals surface area contributed by atoms with Crippen molar-refractivity contribution in [3.05, 3.63) is 23.8 Å². The van der Waals surface area contributed by atoms with Crippen molar-refractivity contribution in [2.45, 2.75) is 57.3 Å². The third-order valence-electron chi connectivity index (χ3n) is 4.37. The summed E-state index contributed by atoms with van der Waals surface area (Å²) in [6, 6.07) is 0. The molecule has 0 radical (unpaired) electrons. The number of fused-ring (bicyclic) bond motifs is 1. The molecule has 2 rings (SSSR count). The highest BCUT2D eigenvalue weighted by atomic mass is 16.6. The van der Waals surface area contributed by atoms with E-state index in [0.29, 0.717) is 5.57 Å². The van der Waals surface area contributed by atoms with E-state index in [-0.39, 0.29) is 24.2 Å². The van der Waals surface area contributed by atoms with Gasteiger partial charge in [0.2, 0.25) is 0 Å². The van der Waals surface area contributed by atoms with Gasteiger partial charge in [0.15, 0.2) is 0 Å². The average Bonchev–Trinajstić information content (AvgIpc) is 3.00. The maximum absolute atomic E-state index is 10.4. The van der Waals surface area contributed by atoms with E-state index in [2.05, 4.69) is 26.5 Å². The fourth-order valence-corrected chi connectivity index (χ4v) is 2.92. The summed E-state index contributed by atoms with van der Waals surface area (Å²) in [5.74, 6) is -0.0664. The number of hydrogen-bond donors (Lipinski definition) is 2. The van der Waals surface area contributed by atoms with Crippen molar-refractivity contribution in [2.24, 2.45) is 5.92 Å². The summed E-state index contributed by atoms with van der Waals surface area (Å²) in [6.07, 6.45) is 5.36. The molecule has 4 atom stereocenters. The van der Waals surface area contributed by atoms with Gasteiger partial charge in [0, 0.05) is 5.92 Å². The highest BCUT2D eigenvalue weighted by Crippen LogP contribution is 2.46. The summed E-state index contributed by atoms with van der Waals surface area (Å²) in [6.45, 7) is 8.01. The minimum absolute atomic E-state index is 0.0616. The fraction of sp³-hybridized carbons (Fsp3) is 0.733. The molecular formula is C15H24O3. The van der Waals surface area contributed by atoms with Gasteiger partial charge < -0.3 is 14.9 Å². The van der Waals surface area contributed by atoms with Gasteiger partial charge in [-0.05, 0) is 45.1 Å². The molecule has 1 aliphatic carbocycles. The number of aliphatic hydroxyl groups excluding tert-OH is 2. The second-order valence-electron chi connectivity index (χ2n) is 5.89. The Balaban J connectivity index is 2.16. The molecule has 0 unspecified atom stereocenters. The number of aliphatic hydroxyl groups is 2. The Morgan fingerprint density at radius 2 is 2.33 bits per heavy atom. The van der Waals surface area contributed by atoms with Crippen molar-refractivity contribution in [2.75, 3.05) is 6.61 Å². The van der Waals surface area contributed by atoms with Crippen molar-refractivity contribution < 1.29 is 14.9 Å². The SMILES string of the molecule is C=C(CO)[C@@H]1CC/C(C)=C/CC[C@@]2(C)O[C@H]2[C@H]1O. The first-order chi connectivity index (χ1) is 8.48. The Labute approximate surface area is 109 Å². The maximum Gasteiger partial charge on any atom is 0.113 e. The molecular weight excluding hydrogens is 228 g/mol. The standard InChI is InChI=1S/C15H24O3/c1-10-5-4-8-15(3)14(18-15)13(17)12(7-6-10)11(2)9-16/h5,12-14,16-17H,2,4,6-9H2,1,3H3/b10-5+/t12-,13-,14-,15+/m0/s1. The lowest BCUT2D eigenvalue weighted by Crippen LogP contribution is -2.32. The van der Waals surface area contributed by atoms with Crippen LogP contribution in [0.5, 0.6) is 0 Å². The van der Waals surface area contributed by atoms with Crippen LogP contribution in [-0.4, -0.2) is 34.6 Å². The van der Waals surface area contributed by atoms with Gasteiger partial charge in [-0.15, -0.1) is 0 Å². The lowest BCUT2D eigenvalue weighted by atomic mass is 9.82. The Morgan fingerprint density at radius 1 is 1.61 bits per heavy atom. The van der Waals surface area contributed by atoms with Crippen LogP contribution in [0, 0.1) is 5.92 Å². The largest absolute Gasteiger partial charge is 0.392 e. The topological polar surface area (TPSA) is 53.0 Å². The molecule has 1 heterocycles. The molecule has 18 heavy (non-hydrogen) atoms. The minimum Gasteiger partial charge on any atom is -0.392 e. The Kier molecular flexibility index (Phi) is 3.95. The molecule has 0 spiro atoms. The molecule has 1 aliphatic heterocycles. The predicted molar refractivity (Wildman–Crippen MR) is 71.2 cm³/mol. The minimum atomic E-state index is -0.541. The Bertz CT molecular complexity index is 361. The van der Waals surface area contributed by atoms with Crippen LogP contribution >= 0.6 is 0 Å². The van der Waals surface area contributed by atoms with Crippen LogP contribution < -0.4 is 0 Å². The summed E-state index contributed by atoms with van der Waals surface area (Å²) in [7, 11) is 0. The Hall–Kier alpha value is -0.640. The third-order valence-corrected chi connectivity index (χ3v) is 4.37. The molecule has 0 aromatic rings. The lowest BCUT2D eigenvalue weighted by molar-refractivity contribution is 0.0829. The van der Waals surface area contributed by atoms with Crippen molar-refractivity contribution >= 4 is 0 Å². The van der Waals surface area contributed by atoms with Crippen LogP contribution in [0.25, 0.3) is 0 Å². The van der Waals surface area contributed by atoms with Crippen molar-refractivity contribution in [3.8, 4) is 0 Å². The average molecular weight is 252 g/mol. The van der Waals surface area contributed by atoms with Gasteiger partial charge in [-0.3, -0.25) is 0 Å². The summed E-state index contributed by atoms with van der Waals surface area (Å²) in [5.41, 5.74) is 1.87. The normalized spacial score (nSPS) is 43.6. The number of hydrogen-bond acceptors (Lipinski definition) is 3. The van der Waals surface area contributed by atoms with Crippen molar-refractivity contribution in [1.82, 2.24) is 0 Å². The lowest BCUT2D eigenvalue weighted by Gasteiger charge is -2.25. The molecule has 0 aromatic heterocycles. The molecule has 0 saturated carbocycles. The van der Waals surface area contributed by atoms with Gasteiger partial charge in [-0.25, -0.2) is 0 Å². The fourth-order valence-electron chi connectivity index (χ4n) is 2.92. The monoisotopic (exact) mass is 252 g/mol. The smallest absolute Gasteiger partial charge is 0.113 e. The Morgan fingerprint density at radius 3 is 3.00 bits per heavy atom. The number of allylic oxidation sites excluding steroid dienone is 2. The summed E-state index contributed by atoms with van der Waals surface area (Å²) < 4.78 is 5.71. The zero-order chi connectivity index (χ0) is 13.3. The van der Waals surface area contributed by atoms with Crippen LogP contribution in [0.1, 0.15) is 39.5 Å². The second-order valence-corrected chi connectivity index (χ2v) is 5.89. The van der Waals surface area contributed by atoms with Gasteiger partial charge in [0.05, 0.1) is 18.3 Å². The number of rotatable bonds is 2. The second kappa shape index (κ2) is 5.16. The zero-order valence-corrected chi connectivity index (χ0v) is 11.4. The predicted octanol–water partition coefficient (Wildman–Crippen LogP) is 2.19. The van der Waals surface area contributed by atoms with Crippen LogP contribution in [0.4, 0.5) is 0 Å². The maximum atomic E-state index is 10.4. The molecule has 0 bridgehead atoms. The number of ether oxygens (including phenoxy) is 1. The molecule has 2 aliphatic rings. The van der Waals surface area contributed by atoms with Crippen LogP contribution in [0.3, 0.4) is 0 Å². The van der Waals surface area contributed by atoms with Gasteiger partial charge >= 0.3 is 0 Å². The molecule has 0 amide bonds. The molecule has 3 nitrogen and oxygen atoms in total. The molecule has 2 N–H and O–H groups in total. The summed E-state index contributed by atoms with van der Waals surface area (Å²) in [5, 5.41) is 19.7. The summed E-state index contributed by atoms with van der Waals surface area (Å²) >= 11 is 0. The third kappa shape index (κ3) is 2.68. The molecule has 102 valence electrons. The number of epoxide rings is 1. The first-order valence-corrected chi connectivity index (χ1v) is 6.78. The van der Waals surface area contributed by atoms with E-state index < -0.39 is 6.10 Å². The summed E-state index contributed by atoms with van der Waals surface area (Å²) in [4.78, 5) is 0. The highest BCUT2D eigenvalue weighted by Gasteiger charge is 2.57. The van der Waals surface area contributed by atoms with Gasteiger partial charge in [-0.1, -0.05) is 18.2 Å². The van der Waals surface area contributed by atoms with Gasteiger partial charge in [0.25, 0.3) is 0 Å². The first kappa shape index (κ1) is 13.8. The van der Waals surface area contributed by atoms with Crippen molar-refractivity contribution in [3.63, 3.8) is 0 Å². The van der Waals surface area contributed by atoms with E-state index in [0.717, 1.165) is 25.7 Å². The van der Waals surface area contributed by atoms with Gasteiger partial charge in [-0.2, -0.15) is 0 Å². The zero-order valence-electron chi connectivity index (χ0n) is 11.4. The molecule has 0 aromatic carbocycles. The van der Waals surface area contributed by atoms with E-state index in [1.165, 1.54) is 5.57 Å². The van der Waals surface area contributed by atoms with E-state index >= 15 is 0 Å². The van der Waals surface area contributed by atoms with Gasteiger partial charge in [0.1, 0.15) is 6.10 Å².